The normalized spacial score (nSPS) is 16.0. The molecule has 1 aliphatic rings. The van der Waals surface area contributed by atoms with Gasteiger partial charge in [0.2, 0.25) is 0 Å². The summed E-state index contributed by atoms with van der Waals surface area (Å²) in [5.41, 5.74) is 0.745. The van der Waals surface area contributed by atoms with Gasteiger partial charge in [-0.25, -0.2) is 8.42 Å². The molecular weight excluding hydrogens is 366 g/mol. The third-order valence-corrected chi connectivity index (χ3v) is 5.94. The van der Waals surface area contributed by atoms with Gasteiger partial charge in [0.25, 0.3) is 15.9 Å². The molecule has 27 heavy (non-hydrogen) atoms. The van der Waals surface area contributed by atoms with Crippen LogP contribution in [0.2, 0.25) is 0 Å². The predicted molar refractivity (Wildman–Crippen MR) is 99.8 cm³/mol. The molecule has 0 saturated heterocycles. The number of hydrogen-bond donors (Lipinski definition) is 1. The molecule has 1 N–H and O–H groups in total. The van der Waals surface area contributed by atoms with E-state index in [-0.39, 0.29) is 17.3 Å². The van der Waals surface area contributed by atoms with Crippen LogP contribution in [-0.2, 0) is 14.8 Å². The van der Waals surface area contributed by atoms with Crippen LogP contribution >= 0.6 is 0 Å². The van der Waals surface area contributed by atoms with Gasteiger partial charge < -0.3 is 10.1 Å². The second-order valence-electron chi connectivity index (χ2n) is 6.04. The van der Waals surface area contributed by atoms with E-state index in [9.17, 15) is 13.2 Å². The van der Waals surface area contributed by atoms with E-state index in [1.807, 2.05) is 13.0 Å². The zero-order valence-corrected chi connectivity index (χ0v) is 15.6. The molecule has 8 heteroatoms. The molecule has 0 spiro atoms. The summed E-state index contributed by atoms with van der Waals surface area (Å²) in [5.74, 6) is -0.0241. The smallest absolute Gasteiger partial charge is 0.264 e. The first-order valence-electron chi connectivity index (χ1n) is 8.53. The number of anilines is 1. The summed E-state index contributed by atoms with van der Waals surface area (Å²) < 4.78 is 33.3. The number of para-hydroxylation sites is 2. The van der Waals surface area contributed by atoms with Crippen LogP contribution in [0.4, 0.5) is 5.69 Å². The molecule has 1 amide bonds. The van der Waals surface area contributed by atoms with Crippen LogP contribution in [-0.4, -0.2) is 33.5 Å². The molecule has 0 unspecified atom stereocenters. The van der Waals surface area contributed by atoms with E-state index >= 15 is 0 Å². The fourth-order valence-corrected chi connectivity index (χ4v) is 4.23. The standard InChI is InChI=1S/C19H19N3O4S/c1-2-11-21-19(23)18-13-22(16-5-3-4-6-17(16)26-18)27(24,25)15-9-7-14(12-20)8-10-15/h3-10,18H,2,11,13H2,1H3,(H,21,23)/t18-/m1/s1. The van der Waals surface area contributed by atoms with E-state index in [0.29, 0.717) is 23.5 Å². The molecule has 0 radical (unpaired) electrons. The molecule has 0 aliphatic carbocycles. The van der Waals surface area contributed by atoms with Crippen molar-refractivity contribution in [1.29, 1.82) is 5.26 Å². The number of nitriles is 1. The maximum atomic E-state index is 13.2. The van der Waals surface area contributed by atoms with Gasteiger partial charge in [0.1, 0.15) is 5.75 Å². The summed E-state index contributed by atoms with van der Waals surface area (Å²) in [4.78, 5) is 12.4. The average molecular weight is 385 g/mol. The number of rotatable bonds is 5. The largest absolute Gasteiger partial charge is 0.476 e. The van der Waals surface area contributed by atoms with E-state index in [2.05, 4.69) is 5.32 Å². The Balaban J connectivity index is 1.98. The van der Waals surface area contributed by atoms with Crippen molar-refractivity contribution in [2.45, 2.75) is 24.3 Å². The lowest BCUT2D eigenvalue weighted by atomic mass is 10.2. The highest BCUT2D eigenvalue weighted by Crippen LogP contribution is 2.36. The van der Waals surface area contributed by atoms with E-state index < -0.39 is 16.1 Å². The molecule has 1 aliphatic heterocycles. The van der Waals surface area contributed by atoms with Gasteiger partial charge in [-0.3, -0.25) is 9.10 Å². The monoisotopic (exact) mass is 385 g/mol. The SMILES string of the molecule is CCCNC(=O)[C@H]1CN(S(=O)(=O)c2ccc(C#N)cc2)c2ccccc2O1. The first-order valence-corrected chi connectivity index (χ1v) is 9.97. The van der Waals surface area contributed by atoms with Gasteiger partial charge in [0.15, 0.2) is 6.10 Å². The minimum absolute atomic E-state index is 0.0471. The lowest BCUT2D eigenvalue weighted by Gasteiger charge is -2.34. The maximum Gasteiger partial charge on any atom is 0.264 e. The molecule has 1 heterocycles. The Hall–Kier alpha value is -3.05. The number of amides is 1. The molecule has 0 aromatic heterocycles. The van der Waals surface area contributed by atoms with Crippen LogP contribution < -0.4 is 14.4 Å². The highest BCUT2D eigenvalue weighted by molar-refractivity contribution is 7.92. The Morgan fingerprint density at radius 3 is 2.63 bits per heavy atom. The zero-order valence-electron chi connectivity index (χ0n) is 14.8. The second kappa shape index (κ2) is 7.68. The third kappa shape index (κ3) is 3.73. The van der Waals surface area contributed by atoms with Crippen LogP contribution in [0.3, 0.4) is 0 Å². The number of nitrogens with zero attached hydrogens (tertiary/aromatic N) is 2. The summed E-state index contributed by atoms with van der Waals surface area (Å²) in [6, 6.07) is 14.3. The van der Waals surface area contributed by atoms with Gasteiger partial charge in [0.05, 0.1) is 28.8 Å². The number of nitrogens with one attached hydrogen (secondary N) is 1. The van der Waals surface area contributed by atoms with E-state index in [4.69, 9.17) is 10.00 Å². The lowest BCUT2D eigenvalue weighted by Crippen LogP contribution is -2.50. The van der Waals surface area contributed by atoms with Crippen LogP contribution in [0.1, 0.15) is 18.9 Å². The summed E-state index contributed by atoms with van der Waals surface area (Å²) in [5, 5.41) is 11.6. The average Bonchev–Trinajstić information content (AvgIpc) is 2.71. The summed E-state index contributed by atoms with van der Waals surface area (Å²) >= 11 is 0. The van der Waals surface area contributed by atoms with Crippen LogP contribution in [0, 0.1) is 11.3 Å². The highest BCUT2D eigenvalue weighted by Gasteiger charge is 2.37. The molecule has 2 aromatic carbocycles. The first kappa shape index (κ1) is 18.7. The van der Waals surface area contributed by atoms with E-state index in [1.54, 1.807) is 24.3 Å². The fourth-order valence-electron chi connectivity index (χ4n) is 2.76. The fraction of sp³-hybridized carbons (Fsp3) is 0.263. The van der Waals surface area contributed by atoms with Crippen molar-refractivity contribution in [3.05, 3.63) is 54.1 Å². The van der Waals surface area contributed by atoms with Crippen LogP contribution in [0.15, 0.2) is 53.4 Å². The van der Waals surface area contributed by atoms with Gasteiger partial charge in [0, 0.05) is 6.54 Å². The highest BCUT2D eigenvalue weighted by atomic mass is 32.2. The number of hydrogen-bond acceptors (Lipinski definition) is 5. The second-order valence-corrected chi connectivity index (χ2v) is 7.90. The minimum Gasteiger partial charge on any atom is -0.476 e. The Kier molecular flexibility index (Phi) is 5.33. The Labute approximate surface area is 158 Å². The van der Waals surface area contributed by atoms with Gasteiger partial charge in [-0.1, -0.05) is 19.1 Å². The van der Waals surface area contributed by atoms with Crippen molar-refractivity contribution in [2.75, 3.05) is 17.4 Å². The van der Waals surface area contributed by atoms with E-state index in [1.165, 1.54) is 28.6 Å². The van der Waals surface area contributed by atoms with Gasteiger partial charge in [-0.15, -0.1) is 0 Å². The minimum atomic E-state index is -3.92. The van der Waals surface area contributed by atoms with Crippen molar-refractivity contribution in [3.63, 3.8) is 0 Å². The number of ether oxygens (including phenoxy) is 1. The van der Waals surface area contributed by atoms with Crippen molar-refractivity contribution < 1.29 is 17.9 Å². The quantitative estimate of drug-likeness (QED) is 0.849. The topological polar surface area (TPSA) is 99.5 Å². The molecule has 1 atom stereocenters. The number of fused-ring (bicyclic) bond motifs is 1. The summed E-state index contributed by atoms with van der Waals surface area (Å²) in [6.07, 6.45) is -0.179. The zero-order chi connectivity index (χ0) is 19.4. The van der Waals surface area contributed by atoms with E-state index in [0.717, 1.165) is 6.42 Å². The van der Waals surface area contributed by atoms with Gasteiger partial charge in [-0.2, -0.15) is 5.26 Å². The molecule has 140 valence electrons. The molecule has 2 aromatic rings. The van der Waals surface area contributed by atoms with Gasteiger partial charge in [-0.05, 0) is 42.8 Å². The Bertz CT molecular complexity index is 981. The molecule has 3 rings (SSSR count). The van der Waals surface area contributed by atoms with Crippen molar-refractivity contribution in [1.82, 2.24) is 5.32 Å². The van der Waals surface area contributed by atoms with Crippen LogP contribution in [0.5, 0.6) is 5.75 Å². The Morgan fingerprint density at radius 2 is 1.96 bits per heavy atom. The van der Waals surface area contributed by atoms with Crippen molar-refractivity contribution >= 4 is 21.6 Å². The molecule has 7 nitrogen and oxygen atoms in total. The molecular formula is C19H19N3O4S. The van der Waals surface area contributed by atoms with Crippen molar-refractivity contribution in [2.24, 2.45) is 0 Å². The number of carbonyl (C=O) groups excluding carboxylic acids is 1. The molecule has 0 bridgehead atoms. The Morgan fingerprint density at radius 1 is 1.26 bits per heavy atom. The first-order chi connectivity index (χ1) is 13.0. The third-order valence-electron chi connectivity index (χ3n) is 4.15. The van der Waals surface area contributed by atoms with Crippen molar-refractivity contribution in [3.8, 4) is 11.8 Å². The number of carbonyl (C=O) groups is 1. The predicted octanol–water partition coefficient (Wildman–Crippen LogP) is 2.04. The maximum absolute atomic E-state index is 13.2. The molecule has 0 saturated carbocycles. The lowest BCUT2D eigenvalue weighted by molar-refractivity contribution is -0.127. The van der Waals surface area contributed by atoms with Gasteiger partial charge >= 0.3 is 0 Å². The summed E-state index contributed by atoms with van der Waals surface area (Å²) in [7, 11) is -3.92. The number of sulfonamides is 1. The number of benzene rings is 2. The molecule has 0 fully saturated rings. The van der Waals surface area contributed by atoms with Crippen LogP contribution in [0.25, 0.3) is 0 Å². The summed E-state index contributed by atoms with van der Waals surface area (Å²) in [6.45, 7) is 2.29.